The Morgan fingerprint density at radius 1 is 1.13 bits per heavy atom. The van der Waals surface area contributed by atoms with Crippen LogP contribution in [0.1, 0.15) is 16.1 Å². The number of aromatic nitrogens is 2. The lowest BCUT2D eigenvalue weighted by molar-refractivity contribution is 0.0946. The summed E-state index contributed by atoms with van der Waals surface area (Å²) in [6.45, 7) is 0.280. The lowest BCUT2D eigenvalue weighted by Gasteiger charge is -2.07. The summed E-state index contributed by atoms with van der Waals surface area (Å²) in [5, 5.41) is 5.27. The smallest absolute Gasteiger partial charge is 0.271 e. The Morgan fingerprint density at radius 2 is 1.94 bits per heavy atom. The zero-order chi connectivity index (χ0) is 21.6. The average Bonchev–Trinajstić information content (AvgIpc) is 3.29. The van der Waals surface area contributed by atoms with Gasteiger partial charge in [-0.25, -0.2) is 14.4 Å². The van der Waals surface area contributed by atoms with Crippen molar-refractivity contribution in [2.75, 3.05) is 7.11 Å². The van der Waals surface area contributed by atoms with Crippen LogP contribution < -0.4 is 14.8 Å². The predicted octanol–water partition coefficient (Wildman–Crippen LogP) is 5.08. The van der Waals surface area contributed by atoms with Crippen LogP contribution in [0.25, 0.3) is 10.6 Å². The predicted molar refractivity (Wildman–Crippen MR) is 116 cm³/mol. The molecule has 0 saturated heterocycles. The molecule has 4 aromatic rings. The molecule has 156 valence electrons. The Bertz CT molecular complexity index is 1190. The maximum absolute atomic E-state index is 13.0. The second-order valence-corrected chi connectivity index (χ2v) is 7.34. The minimum Gasteiger partial charge on any atom is -0.496 e. The first kappa shape index (κ1) is 20.5. The number of halogens is 1. The normalized spacial score (nSPS) is 10.5. The topological polar surface area (TPSA) is 73.3 Å². The molecule has 0 unspecified atom stereocenters. The van der Waals surface area contributed by atoms with Gasteiger partial charge in [-0.2, -0.15) is 0 Å². The molecule has 0 aliphatic rings. The maximum atomic E-state index is 13.0. The fourth-order valence-electron chi connectivity index (χ4n) is 2.84. The molecule has 0 spiro atoms. The first-order valence-electron chi connectivity index (χ1n) is 9.38. The van der Waals surface area contributed by atoms with Crippen LogP contribution in [0.5, 0.6) is 17.4 Å². The van der Waals surface area contributed by atoms with Crippen LogP contribution in [0.4, 0.5) is 4.39 Å². The quantitative estimate of drug-likeness (QED) is 0.439. The van der Waals surface area contributed by atoms with Gasteiger partial charge in [-0.05, 0) is 48.0 Å². The van der Waals surface area contributed by atoms with E-state index in [4.69, 9.17) is 9.47 Å². The fourth-order valence-corrected chi connectivity index (χ4v) is 3.67. The molecule has 2 aromatic heterocycles. The number of hydrogen-bond donors (Lipinski definition) is 1. The van der Waals surface area contributed by atoms with Gasteiger partial charge in [0.1, 0.15) is 28.0 Å². The molecule has 0 atom stereocenters. The fraction of sp³-hybridized carbons (Fsp3) is 0.0870. The van der Waals surface area contributed by atoms with Gasteiger partial charge in [0.25, 0.3) is 5.91 Å². The molecule has 2 aromatic carbocycles. The number of rotatable bonds is 7. The molecule has 4 rings (SSSR count). The number of thiazole rings is 1. The Labute approximate surface area is 182 Å². The first-order valence-corrected chi connectivity index (χ1v) is 10.3. The Kier molecular flexibility index (Phi) is 6.18. The van der Waals surface area contributed by atoms with E-state index >= 15 is 0 Å². The van der Waals surface area contributed by atoms with Crippen molar-refractivity contribution in [1.29, 1.82) is 0 Å². The highest BCUT2D eigenvalue weighted by Gasteiger charge is 2.14. The van der Waals surface area contributed by atoms with Crippen molar-refractivity contribution in [2.45, 2.75) is 6.54 Å². The van der Waals surface area contributed by atoms with Gasteiger partial charge in [0, 0.05) is 24.2 Å². The molecule has 0 aliphatic carbocycles. The third-order valence-electron chi connectivity index (χ3n) is 4.36. The number of ether oxygens (including phenoxy) is 2. The van der Waals surface area contributed by atoms with Gasteiger partial charge in [-0.3, -0.25) is 4.79 Å². The zero-order valence-electron chi connectivity index (χ0n) is 16.5. The van der Waals surface area contributed by atoms with Crippen molar-refractivity contribution >= 4 is 17.2 Å². The summed E-state index contributed by atoms with van der Waals surface area (Å²) >= 11 is 1.38. The van der Waals surface area contributed by atoms with Crippen LogP contribution >= 0.6 is 11.3 Å². The largest absolute Gasteiger partial charge is 0.496 e. The number of carbonyl (C=O) groups excluding carboxylic acids is 1. The minimum atomic E-state index is -0.340. The average molecular weight is 435 g/mol. The lowest BCUT2D eigenvalue weighted by Crippen LogP contribution is -2.23. The van der Waals surface area contributed by atoms with E-state index in [0.717, 1.165) is 11.1 Å². The van der Waals surface area contributed by atoms with Crippen molar-refractivity contribution in [2.24, 2.45) is 0 Å². The van der Waals surface area contributed by atoms with Gasteiger partial charge in [0.05, 0.1) is 12.7 Å². The van der Waals surface area contributed by atoms with E-state index in [0.29, 0.717) is 28.1 Å². The summed E-state index contributed by atoms with van der Waals surface area (Å²) in [5.74, 6) is 0.907. The molecule has 6 nitrogen and oxygen atoms in total. The molecular formula is C23H18FN3O3S. The standard InChI is InChI=1S/C23H18FN3O3S/c1-29-20-5-3-2-4-18(20)23-27-19(14-31-23)22(28)26-13-15-10-11-25-21(12-15)30-17-8-6-16(24)7-9-17/h2-12,14H,13H2,1H3,(H,26,28). The van der Waals surface area contributed by atoms with Crippen LogP contribution in [0.15, 0.2) is 72.2 Å². The number of pyridine rings is 1. The van der Waals surface area contributed by atoms with E-state index < -0.39 is 0 Å². The molecule has 8 heteroatoms. The van der Waals surface area contributed by atoms with Crippen LogP contribution in [-0.2, 0) is 6.54 Å². The summed E-state index contributed by atoms with van der Waals surface area (Å²) in [7, 11) is 1.60. The summed E-state index contributed by atoms with van der Waals surface area (Å²) in [6.07, 6.45) is 1.59. The van der Waals surface area contributed by atoms with Crippen molar-refractivity contribution in [1.82, 2.24) is 15.3 Å². The lowest BCUT2D eigenvalue weighted by atomic mass is 10.2. The van der Waals surface area contributed by atoms with E-state index in [9.17, 15) is 9.18 Å². The number of carbonyl (C=O) groups is 1. The van der Waals surface area contributed by atoms with Crippen molar-refractivity contribution < 1.29 is 18.7 Å². The highest BCUT2D eigenvalue weighted by molar-refractivity contribution is 7.13. The molecule has 0 aliphatic heterocycles. The van der Waals surface area contributed by atoms with Gasteiger partial charge in [-0.1, -0.05) is 12.1 Å². The van der Waals surface area contributed by atoms with Gasteiger partial charge >= 0.3 is 0 Å². The molecular weight excluding hydrogens is 417 g/mol. The number of nitrogens with one attached hydrogen (secondary N) is 1. The summed E-state index contributed by atoms with van der Waals surface area (Å²) in [4.78, 5) is 21.1. The third-order valence-corrected chi connectivity index (χ3v) is 5.24. The number of nitrogens with zero attached hydrogens (tertiary/aromatic N) is 2. The zero-order valence-corrected chi connectivity index (χ0v) is 17.4. The number of para-hydroxylation sites is 1. The van der Waals surface area contributed by atoms with Crippen LogP contribution in [0, 0.1) is 5.82 Å². The Balaban J connectivity index is 1.40. The molecule has 31 heavy (non-hydrogen) atoms. The highest BCUT2D eigenvalue weighted by atomic mass is 32.1. The number of methoxy groups -OCH3 is 1. The summed E-state index contributed by atoms with van der Waals surface area (Å²) in [6, 6.07) is 16.7. The van der Waals surface area contributed by atoms with E-state index in [1.54, 1.807) is 30.8 Å². The molecule has 0 saturated carbocycles. The van der Waals surface area contributed by atoms with Gasteiger partial charge in [0.15, 0.2) is 0 Å². The summed E-state index contributed by atoms with van der Waals surface area (Å²) in [5.41, 5.74) is 1.98. The van der Waals surface area contributed by atoms with E-state index in [1.165, 1.54) is 35.6 Å². The number of benzene rings is 2. The monoisotopic (exact) mass is 435 g/mol. The van der Waals surface area contributed by atoms with Gasteiger partial charge < -0.3 is 14.8 Å². The second-order valence-electron chi connectivity index (χ2n) is 6.48. The summed E-state index contributed by atoms with van der Waals surface area (Å²) < 4.78 is 24.0. The molecule has 2 heterocycles. The number of amides is 1. The highest BCUT2D eigenvalue weighted by Crippen LogP contribution is 2.31. The third kappa shape index (κ3) is 5.04. The van der Waals surface area contributed by atoms with Crippen LogP contribution in [-0.4, -0.2) is 23.0 Å². The van der Waals surface area contributed by atoms with E-state index in [2.05, 4.69) is 15.3 Å². The van der Waals surface area contributed by atoms with Crippen molar-refractivity contribution in [3.8, 4) is 28.0 Å². The van der Waals surface area contributed by atoms with Gasteiger partial charge in [-0.15, -0.1) is 11.3 Å². The molecule has 1 amide bonds. The van der Waals surface area contributed by atoms with Crippen LogP contribution in [0.3, 0.4) is 0 Å². The van der Waals surface area contributed by atoms with Gasteiger partial charge in [0.2, 0.25) is 5.88 Å². The molecule has 0 bridgehead atoms. The van der Waals surface area contributed by atoms with E-state index in [-0.39, 0.29) is 18.3 Å². The van der Waals surface area contributed by atoms with E-state index in [1.807, 2.05) is 24.3 Å². The first-order chi connectivity index (χ1) is 15.1. The molecule has 1 N–H and O–H groups in total. The van der Waals surface area contributed by atoms with Crippen LogP contribution in [0.2, 0.25) is 0 Å². The maximum Gasteiger partial charge on any atom is 0.271 e. The second kappa shape index (κ2) is 9.36. The van der Waals surface area contributed by atoms with Crippen molar-refractivity contribution in [3.05, 3.63) is 89.3 Å². The Hall–Kier alpha value is -3.78. The number of hydrogen-bond acceptors (Lipinski definition) is 6. The minimum absolute atomic E-state index is 0.280. The Morgan fingerprint density at radius 3 is 2.74 bits per heavy atom. The molecule has 0 radical (unpaired) electrons. The SMILES string of the molecule is COc1ccccc1-c1nc(C(=O)NCc2ccnc(Oc3ccc(F)cc3)c2)cs1. The molecule has 0 fully saturated rings. The van der Waals surface area contributed by atoms with Crippen molar-refractivity contribution in [3.63, 3.8) is 0 Å².